The molecule has 0 bridgehead atoms. The number of nitrogens with zero attached hydrogens (tertiary/aromatic N) is 1. The monoisotopic (exact) mass is 232 g/mol. The fraction of sp³-hybridized carbons (Fsp3) is 0.462. The quantitative estimate of drug-likeness (QED) is 0.639. The molecule has 0 aliphatic heterocycles. The highest BCUT2D eigenvalue weighted by molar-refractivity contribution is 7.99. The van der Waals surface area contributed by atoms with Crippen molar-refractivity contribution < 1.29 is 0 Å². The molecule has 0 aromatic heterocycles. The van der Waals surface area contributed by atoms with Gasteiger partial charge in [0.2, 0.25) is 0 Å². The van der Waals surface area contributed by atoms with E-state index in [0.29, 0.717) is 6.42 Å². The first-order valence-corrected chi connectivity index (χ1v) is 6.50. The van der Waals surface area contributed by atoms with Gasteiger partial charge in [-0.05, 0) is 42.9 Å². The largest absolute Gasteiger partial charge is 0.398 e. The van der Waals surface area contributed by atoms with E-state index in [2.05, 4.69) is 19.1 Å². The molecule has 2 rings (SSSR count). The maximum absolute atomic E-state index is 8.75. The third kappa shape index (κ3) is 2.51. The van der Waals surface area contributed by atoms with Crippen LogP contribution in [0.25, 0.3) is 0 Å². The lowest BCUT2D eigenvalue weighted by Gasteiger charge is -2.12. The summed E-state index contributed by atoms with van der Waals surface area (Å²) in [5, 5.41) is 8.75. The molecule has 84 valence electrons. The molecule has 2 nitrogen and oxygen atoms in total. The van der Waals surface area contributed by atoms with Gasteiger partial charge in [-0.25, -0.2) is 0 Å². The predicted molar refractivity (Wildman–Crippen MR) is 68.2 cm³/mol. The minimum Gasteiger partial charge on any atom is -0.398 e. The highest BCUT2D eigenvalue weighted by Gasteiger charge is 2.42. The molecule has 0 atom stereocenters. The van der Waals surface area contributed by atoms with Gasteiger partial charge in [0.05, 0.1) is 6.07 Å². The summed E-state index contributed by atoms with van der Waals surface area (Å²) in [7, 11) is 0. The fourth-order valence-electron chi connectivity index (χ4n) is 1.71. The van der Waals surface area contributed by atoms with E-state index < -0.39 is 0 Å². The number of thioether (sulfide) groups is 1. The molecule has 0 heterocycles. The Kier molecular flexibility index (Phi) is 3.11. The van der Waals surface area contributed by atoms with Crippen molar-refractivity contribution in [1.82, 2.24) is 0 Å². The Bertz CT molecular complexity index is 430. The van der Waals surface area contributed by atoms with Crippen molar-refractivity contribution in [2.75, 3.05) is 11.5 Å². The summed E-state index contributed by atoms with van der Waals surface area (Å²) < 4.78 is 0. The topological polar surface area (TPSA) is 49.8 Å². The highest BCUT2D eigenvalue weighted by atomic mass is 32.2. The Morgan fingerprint density at radius 2 is 2.25 bits per heavy atom. The lowest BCUT2D eigenvalue weighted by atomic mass is 10.1. The molecule has 0 unspecified atom stereocenters. The molecule has 1 aromatic rings. The average molecular weight is 232 g/mol. The Morgan fingerprint density at radius 1 is 1.50 bits per heavy atom. The predicted octanol–water partition coefficient (Wildman–Crippen LogP) is 3.36. The minimum atomic E-state index is 0.287. The molecule has 16 heavy (non-hydrogen) atoms. The van der Waals surface area contributed by atoms with E-state index in [4.69, 9.17) is 11.0 Å². The van der Waals surface area contributed by atoms with Crippen molar-refractivity contribution >= 4 is 17.4 Å². The van der Waals surface area contributed by atoms with Gasteiger partial charge in [0.1, 0.15) is 0 Å². The lowest BCUT2D eigenvalue weighted by molar-refractivity contribution is 0.604. The van der Waals surface area contributed by atoms with Crippen LogP contribution in [0.4, 0.5) is 5.69 Å². The van der Waals surface area contributed by atoms with Crippen LogP contribution in [0.15, 0.2) is 23.1 Å². The first-order chi connectivity index (χ1) is 7.65. The van der Waals surface area contributed by atoms with Crippen LogP contribution >= 0.6 is 11.8 Å². The van der Waals surface area contributed by atoms with Crippen LogP contribution in [0, 0.1) is 23.7 Å². The molecular weight excluding hydrogens is 216 g/mol. The number of nitrogens with two attached hydrogens (primary N) is 1. The molecule has 0 saturated heterocycles. The molecule has 1 aliphatic carbocycles. The zero-order valence-electron chi connectivity index (χ0n) is 9.49. The van der Waals surface area contributed by atoms with Gasteiger partial charge >= 0.3 is 0 Å². The molecule has 1 saturated carbocycles. The fourth-order valence-corrected chi connectivity index (χ4v) is 3.07. The van der Waals surface area contributed by atoms with Crippen molar-refractivity contribution in [3.05, 3.63) is 23.8 Å². The summed E-state index contributed by atoms with van der Waals surface area (Å²) in [6.07, 6.45) is 3.07. The maximum Gasteiger partial charge on any atom is 0.0627 e. The Balaban J connectivity index is 2.00. The molecule has 0 spiro atoms. The van der Waals surface area contributed by atoms with Crippen LogP contribution in [0.3, 0.4) is 0 Å². The van der Waals surface area contributed by atoms with Crippen molar-refractivity contribution in [3.63, 3.8) is 0 Å². The van der Waals surface area contributed by atoms with Gasteiger partial charge in [0.15, 0.2) is 0 Å². The lowest BCUT2D eigenvalue weighted by Crippen LogP contribution is -2.03. The molecule has 2 N–H and O–H groups in total. The van der Waals surface area contributed by atoms with Gasteiger partial charge in [0.25, 0.3) is 0 Å². The van der Waals surface area contributed by atoms with Gasteiger partial charge in [-0.15, -0.1) is 11.8 Å². The average Bonchev–Trinajstić information content (AvgIpc) is 3.01. The second kappa shape index (κ2) is 4.39. The van der Waals surface area contributed by atoms with E-state index in [-0.39, 0.29) is 5.41 Å². The molecule has 3 heteroatoms. The van der Waals surface area contributed by atoms with E-state index in [0.717, 1.165) is 16.3 Å². The number of rotatable bonds is 4. The van der Waals surface area contributed by atoms with E-state index in [1.165, 1.54) is 18.4 Å². The normalized spacial score (nSPS) is 16.8. The standard InChI is InChI=1S/C13H16N2S/c1-10-2-3-11(15)12(8-10)16-9-13(4-5-13)6-7-14/h2-3,8H,4-6,9,15H2,1H3. The first-order valence-electron chi connectivity index (χ1n) is 5.51. The summed E-state index contributed by atoms with van der Waals surface area (Å²) in [5.41, 5.74) is 8.30. The third-order valence-electron chi connectivity index (χ3n) is 3.11. The van der Waals surface area contributed by atoms with Gasteiger partial charge in [-0.3, -0.25) is 0 Å². The summed E-state index contributed by atoms with van der Waals surface area (Å²) in [4.78, 5) is 1.16. The summed E-state index contributed by atoms with van der Waals surface area (Å²) in [6.45, 7) is 2.08. The van der Waals surface area contributed by atoms with E-state index in [9.17, 15) is 0 Å². The minimum absolute atomic E-state index is 0.287. The highest BCUT2D eigenvalue weighted by Crippen LogP contribution is 2.52. The number of aryl methyl sites for hydroxylation is 1. The summed E-state index contributed by atoms with van der Waals surface area (Å²) in [6, 6.07) is 8.40. The number of nitrogen functional groups attached to an aromatic ring is 1. The second-order valence-electron chi connectivity index (χ2n) is 4.66. The van der Waals surface area contributed by atoms with Crippen molar-refractivity contribution in [3.8, 4) is 6.07 Å². The van der Waals surface area contributed by atoms with Crippen LogP contribution in [-0.4, -0.2) is 5.75 Å². The van der Waals surface area contributed by atoms with Gasteiger partial charge in [0, 0.05) is 22.8 Å². The molecule has 1 fully saturated rings. The van der Waals surface area contributed by atoms with Crippen LogP contribution in [0.5, 0.6) is 0 Å². The third-order valence-corrected chi connectivity index (χ3v) is 4.54. The smallest absolute Gasteiger partial charge is 0.0627 e. The van der Waals surface area contributed by atoms with Crippen molar-refractivity contribution in [2.24, 2.45) is 5.41 Å². The van der Waals surface area contributed by atoms with Crippen LogP contribution in [0.2, 0.25) is 0 Å². The molecular formula is C13H16N2S. The molecule has 0 radical (unpaired) electrons. The Hall–Kier alpha value is -1.14. The van der Waals surface area contributed by atoms with Crippen molar-refractivity contribution in [1.29, 1.82) is 5.26 Å². The number of hydrogen-bond donors (Lipinski definition) is 1. The summed E-state index contributed by atoms with van der Waals surface area (Å²) >= 11 is 1.79. The van der Waals surface area contributed by atoms with E-state index >= 15 is 0 Å². The Morgan fingerprint density at radius 3 is 2.88 bits per heavy atom. The SMILES string of the molecule is Cc1ccc(N)c(SCC2(CC#N)CC2)c1. The summed E-state index contributed by atoms with van der Waals surface area (Å²) in [5.74, 6) is 1.02. The van der Waals surface area contributed by atoms with Crippen molar-refractivity contribution in [2.45, 2.75) is 31.1 Å². The number of benzene rings is 1. The molecule has 0 amide bonds. The number of anilines is 1. The second-order valence-corrected chi connectivity index (χ2v) is 5.68. The van der Waals surface area contributed by atoms with Crippen LogP contribution in [0.1, 0.15) is 24.8 Å². The molecule has 1 aliphatic rings. The zero-order chi connectivity index (χ0) is 11.6. The zero-order valence-corrected chi connectivity index (χ0v) is 10.3. The first kappa shape index (κ1) is 11.3. The van der Waals surface area contributed by atoms with Crippen LogP contribution in [-0.2, 0) is 0 Å². The van der Waals surface area contributed by atoms with Crippen LogP contribution < -0.4 is 5.73 Å². The van der Waals surface area contributed by atoms with E-state index in [1.54, 1.807) is 11.8 Å². The van der Waals surface area contributed by atoms with Gasteiger partial charge < -0.3 is 5.73 Å². The molecule has 1 aromatic carbocycles. The van der Waals surface area contributed by atoms with E-state index in [1.807, 2.05) is 12.1 Å². The van der Waals surface area contributed by atoms with Gasteiger partial charge in [-0.2, -0.15) is 5.26 Å². The number of nitriles is 1. The van der Waals surface area contributed by atoms with Gasteiger partial charge in [-0.1, -0.05) is 6.07 Å². The Labute approximate surface area is 101 Å². The maximum atomic E-state index is 8.75. The number of hydrogen-bond acceptors (Lipinski definition) is 3.